The standard InChI is InChI=1S/C39H51NO13/c1-12-28(44)50-30-22(5)18-39(53-26(9)43)29(30)31(48-24(7)41)23(6)32(51-36(46)20(2)3)33(49-25(8)42)35(38(10,11)16-15-21(4)34(39)45)52-37(47)27-14-13-17-40-19-27/h13-17,19-22,29-33,35H,6,12,18H2,1-5,7-11H3. The fraction of sp³-hybridized carbons (Fsp3) is 0.590. The molecule has 53 heavy (non-hydrogen) atoms. The van der Waals surface area contributed by atoms with E-state index in [9.17, 15) is 33.6 Å². The van der Waals surface area contributed by atoms with Gasteiger partial charge in [0.05, 0.1) is 17.4 Å². The fourth-order valence-corrected chi connectivity index (χ4v) is 6.95. The molecule has 9 unspecified atom stereocenters. The number of allylic oxidation sites excluding steroid dienone is 1. The average Bonchev–Trinajstić information content (AvgIpc) is 3.34. The molecule has 2 aliphatic carbocycles. The lowest BCUT2D eigenvalue weighted by atomic mass is 9.72. The zero-order valence-corrected chi connectivity index (χ0v) is 32.0. The molecule has 14 heteroatoms. The van der Waals surface area contributed by atoms with Gasteiger partial charge in [0.2, 0.25) is 0 Å². The number of aromatic nitrogens is 1. The first-order chi connectivity index (χ1) is 24.7. The zero-order valence-electron chi connectivity index (χ0n) is 32.0. The Labute approximate surface area is 309 Å². The summed E-state index contributed by atoms with van der Waals surface area (Å²) in [5, 5.41) is 0. The molecule has 0 saturated heterocycles. The van der Waals surface area contributed by atoms with Gasteiger partial charge in [-0.3, -0.25) is 33.8 Å². The van der Waals surface area contributed by atoms with Gasteiger partial charge < -0.3 is 28.4 Å². The minimum atomic E-state index is -2.06. The van der Waals surface area contributed by atoms with Gasteiger partial charge >= 0.3 is 35.8 Å². The molecule has 1 heterocycles. The zero-order chi connectivity index (χ0) is 40.0. The van der Waals surface area contributed by atoms with Crippen LogP contribution in [0.25, 0.3) is 0 Å². The molecule has 1 aromatic rings. The minimum Gasteiger partial charge on any atom is -0.461 e. The van der Waals surface area contributed by atoms with E-state index in [4.69, 9.17) is 28.4 Å². The Morgan fingerprint density at radius 2 is 1.55 bits per heavy atom. The predicted molar refractivity (Wildman–Crippen MR) is 187 cm³/mol. The summed E-state index contributed by atoms with van der Waals surface area (Å²) in [6.45, 7) is 18.8. The highest BCUT2D eigenvalue weighted by molar-refractivity contribution is 5.94. The van der Waals surface area contributed by atoms with Gasteiger partial charge in [0.15, 0.2) is 29.7 Å². The maximum atomic E-state index is 14.8. The summed E-state index contributed by atoms with van der Waals surface area (Å²) in [6.07, 6.45) is -2.03. The topological polar surface area (TPSA) is 188 Å². The van der Waals surface area contributed by atoms with Crippen LogP contribution in [-0.4, -0.2) is 82.7 Å². The second kappa shape index (κ2) is 17.3. The molecule has 0 radical (unpaired) electrons. The van der Waals surface area contributed by atoms with Crippen LogP contribution in [-0.2, 0) is 57.2 Å². The molecule has 0 spiro atoms. The quantitative estimate of drug-likeness (QED) is 0.193. The van der Waals surface area contributed by atoms with Crippen LogP contribution in [0.4, 0.5) is 0 Å². The first-order valence-electron chi connectivity index (χ1n) is 17.6. The Hall–Kier alpha value is -4.88. The molecule has 0 aliphatic heterocycles. The van der Waals surface area contributed by atoms with Gasteiger partial charge in [0.25, 0.3) is 0 Å². The van der Waals surface area contributed by atoms with Crippen molar-refractivity contribution >= 4 is 41.6 Å². The van der Waals surface area contributed by atoms with Crippen LogP contribution in [0, 0.1) is 29.1 Å². The normalized spacial score (nSPS) is 29.8. The summed E-state index contributed by atoms with van der Waals surface area (Å²) in [6, 6.07) is 2.99. The monoisotopic (exact) mass is 741 g/mol. The second-order valence-electron chi connectivity index (χ2n) is 14.6. The van der Waals surface area contributed by atoms with E-state index < -0.39 is 107 Å². The Bertz CT molecular complexity index is 1620. The smallest absolute Gasteiger partial charge is 0.340 e. The number of fused-ring (bicyclic) bond motifs is 1. The number of esters is 6. The minimum absolute atomic E-state index is 0.0506. The van der Waals surface area contributed by atoms with E-state index in [0.29, 0.717) is 0 Å². The van der Waals surface area contributed by atoms with Crippen molar-refractivity contribution in [2.24, 2.45) is 29.1 Å². The van der Waals surface area contributed by atoms with Gasteiger partial charge in [-0.1, -0.05) is 67.2 Å². The molecule has 1 saturated carbocycles. The van der Waals surface area contributed by atoms with E-state index in [2.05, 4.69) is 11.6 Å². The van der Waals surface area contributed by atoms with Gasteiger partial charge in [-0.2, -0.15) is 0 Å². The number of hydrogen-bond acceptors (Lipinski definition) is 14. The molecule has 1 fully saturated rings. The lowest BCUT2D eigenvalue weighted by Crippen LogP contribution is -2.59. The van der Waals surface area contributed by atoms with Crippen molar-refractivity contribution in [1.82, 2.24) is 4.98 Å². The van der Waals surface area contributed by atoms with E-state index in [1.54, 1.807) is 54.5 Å². The third kappa shape index (κ3) is 9.76. The van der Waals surface area contributed by atoms with E-state index in [1.807, 2.05) is 0 Å². The SMILES string of the molecule is C=C1C(OC(=O)C(C)C)C(OC(C)=O)C(OC(=O)c2cccnc2)C(C)(C)C=CC(C)C(=O)C2(OC(C)=O)CC(C)C(OC(=O)CC)C2C1OC(C)=O. The molecule has 14 nitrogen and oxygen atoms in total. The maximum Gasteiger partial charge on any atom is 0.340 e. The van der Waals surface area contributed by atoms with Gasteiger partial charge in [0.1, 0.15) is 12.2 Å². The first-order valence-corrected chi connectivity index (χ1v) is 17.6. The van der Waals surface area contributed by atoms with Crippen molar-refractivity contribution in [2.75, 3.05) is 0 Å². The second-order valence-corrected chi connectivity index (χ2v) is 14.6. The van der Waals surface area contributed by atoms with Crippen molar-refractivity contribution < 1.29 is 62.0 Å². The summed E-state index contributed by atoms with van der Waals surface area (Å²) in [5.74, 6) is -9.29. The molecular weight excluding hydrogens is 690 g/mol. The van der Waals surface area contributed by atoms with E-state index in [-0.39, 0.29) is 24.0 Å². The molecule has 0 N–H and O–H groups in total. The van der Waals surface area contributed by atoms with E-state index in [1.165, 1.54) is 30.6 Å². The van der Waals surface area contributed by atoms with Crippen molar-refractivity contribution in [2.45, 2.75) is 118 Å². The molecule has 0 bridgehead atoms. The van der Waals surface area contributed by atoms with Crippen molar-refractivity contribution in [3.63, 3.8) is 0 Å². The lowest BCUT2D eigenvalue weighted by molar-refractivity contribution is -0.191. The summed E-state index contributed by atoms with van der Waals surface area (Å²) < 4.78 is 35.9. The Morgan fingerprint density at radius 3 is 2.08 bits per heavy atom. The average molecular weight is 742 g/mol. The third-order valence-electron chi connectivity index (χ3n) is 9.43. The van der Waals surface area contributed by atoms with Crippen LogP contribution >= 0.6 is 0 Å². The van der Waals surface area contributed by atoms with Crippen LogP contribution in [0.3, 0.4) is 0 Å². The Kier molecular flexibility index (Phi) is 13.9. The summed E-state index contributed by atoms with van der Waals surface area (Å²) in [4.78, 5) is 97.7. The van der Waals surface area contributed by atoms with Gasteiger partial charge in [-0.25, -0.2) is 4.79 Å². The van der Waals surface area contributed by atoms with Gasteiger partial charge in [-0.05, 0) is 18.1 Å². The number of rotatable bonds is 9. The number of ether oxygens (including phenoxy) is 6. The molecule has 3 rings (SSSR count). The van der Waals surface area contributed by atoms with Crippen LogP contribution in [0.5, 0.6) is 0 Å². The van der Waals surface area contributed by atoms with E-state index >= 15 is 0 Å². The number of carbonyl (C=O) groups excluding carboxylic acids is 7. The predicted octanol–water partition coefficient (Wildman–Crippen LogP) is 4.68. The number of ketones is 1. The molecule has 0 aromatic carbocycles. The molecule has 0 amide bonds. The Balaban J connectivity index is 2.50. The van der Waals surface area contributed by atoms with Crippen molar-refractivity contribution in [3.05, 3.63) is 54.4 Å². The van der Waals surface area contributed by atoms with Crippen LogP contribution in [0.2, 0.25) is 0 Å². The number of hydrogen-bond donors (Lipinski definition) is 0. The summed E-state index contributed by atoms with van der Waals surface area (Å²) >= 11 is 0. The van der Waals surface area contributed by atoms with Crippen LogP contribution in [0.15, 0.2) is 48.8 Å². The molecule has 1 aromatic heterocycles. The fourth-order valence-electron chi connectivity index (χ4n) is 6.95. The van der Waals surface area contributed by atoms with Crippen LogP contribution in [0.1, 0.15) is 92.4 Å². The Morgan fingerprint density at radius 1 is 0.906 bits per heavy atom. The number of pyridine rings is 1. The molecule has 9 atom stereocenters. The van der Waals surface area contributed by atoms with E-state index in [0.717, 1.165) is 20.8 Å². The highest BCUT2D eigenvalue weighted by atomic mass is 16.6. The van der Waals surface area contributed by atoms with Crippen molar-refractivity contribution in [3.8, 4) is 0 Å². The summed E-state index contributed by atoms with van der Waals surface area (Å²) in [5.41, 5.74) is -3.52. The number of carbonyl (C=O) groups is 7. The van der Waals surface area contributed by atoms with Gasteiger partial charge in [0, 0.05) is 62.9 Å². The number of nitrogens with zero attached hydrogens (tertiary/aromatic N) is 1. The first kappa shape index (κ1) is 42.5. The summed E-state index contributed by atoms with van der Waals surface area (Å²) in [7, 11) is 0. The van der Waals surface area contributed by atoms with Crippen LogP contribution < -0.4 is 0 Å². The molecular formula is C39H51NO13. The largest absolute Gasteiger partial charge is 0.461 e. The lowest BCUT2D eigenvalue weighted by Gasteiger charge is -2.44. The molecule has 290 valence electrons. The highest BCUT2D eigenvalue weighted by Crippen LogP contribution is 2.51. The van der Waals surface area contributed by atoms with Crippen molar-refractivity contribution in [1.29, 1.82) is 0 Å². The maximum absolute atomic E-state index is 14.8. The third-order valence-corrected chi connectivity index (χ3v) is 9.43. The van der Waals surface area contributed by atoms with Gasteiger partial charge in [-0.15, -0.1) is 0 Å². The highest BCUT2D eigenvalue weighted by Gasteiger charge is 2.66. The number of Topliss-reactive ketones (excluding diaryl/α,β-unsaturated/α-hetero) is 1. The molecule has 2 aliphatic rings.